The van der Waals surface area contributed by atoms with Crippen molar-refractivity contribution in [3.63, 3.8) is 0 Å². The van der Waals surface area contributed by atoms with Crippen LogP contribution >= 0.6 is 11.5 Å². The second kappa shape index (κ2) is 5.14. The quantitative estimate of drug-likeness (QED) is 0.881. The molecule has 0 atom stereocenters. The van der Waals surface area contributed by atoms with E-state index in [0.29, 0.717) is 17.8 Å². The van der Waals surface area contributed by atoms with Gasteiger partial charge < -0.3 is 11.1 Å². The molecule has 0 fully saturated rings. The lowest BCUT2D eigenvalue weighted by Gasteiger charge is -2.08. The normalized spacial score (nSPS) is 10.3. The Morgan fingerprint density at radius 1 is 1.44 bits per heavy atom. The lowest BCUT2D eigenvalue weighted by Crippen LogP contribution is -2.14. The fourth-order valence-electron chi connectivity index (χ4n) is 1.56. The van der Waals surface area contributed by atoms with Crippen LogP contribution in [0.2, 0.25) is 0 Å². The van der Waals surface area contributed by atoms with E-state index >= 15 is 0 Å². The summed E-state index contributed by atoms with van der Waals surface area (Å²) < 4.78 is 4.20. The number of carbonyl (C=O) groups excluding carboxylic acids is 1. The summed E-state index contributed by atoms with van der Waals surface area (Å²) in [5.41, 5.74) is 9.30. The summed E-state index contributed by atoms with van der Waals surface area (Å²) in [6.45, 7) is 4.39. The first kappa shape index (κ1) is 12.5. The Morgan fingerprint density at radius 3 is 2.83 bits per heavy atom. The Morgan fingerprint density at radius 2 is 2.22 bits per heavy atom. The van der Waals surface area contributed by atoms with E-state index in [1.807, 2.05) is 12.3 Å². The number of amides is 1. The highest BCUT2D eigenvalue weighted by atomic mass is 32.1. The number of aromatic nitrogens is 2. The second-order valence-electron chi connectivity index (χ2n) is 4.00. The summed E-state index contributed by atoms with van der Waals surface area (Å²) in [6.07, 6.45) is 1.69. The van der Waals surface area contributed by atoms with Gasteiger partial charge in [0.1, 0.15) is 0 Å². The van der Waals surface area contributed by atoms with Gasteiger partial charge in [0.25, 0.3) is 5.91 Å². The zero-order chi connectivity index (χ0) is 13.1. The van der Waals surface area contributed by atoms with Crippen molar-refractivity contribution in [2.24, 2.45) is 5.73 Å². The van der Waals surface area contributed by atoms with E-state index in [-0.39, 0.29) is 0 Å². The summed E-state index contributed by atoms with van der Waals surface area (Å²) in [6, 6.07) is 1.72. The first-order valence-corrected chi connectivity index (χ1v) is 6.31. The summed E-state index contributed by atoms with van der Waals surface area (Å²) >= 11 is 1.43. The number of pyridine rings is 1. The van der Waals surface area contributed by atoms with Crippen LogP contribution in [0.3, 0.4) is 0 Å². The number of nitrogens with two attached hydrogens (primary N) is 1. The van der Waals surface area contributed by atoms with Gasteiger partial charge in [0.05, 0.1) is 28.8 Å². The van der Waals surface area contributed by atoms with Gasteiger partial charge in [-0.15, -0.1) is 0 Å². The predicted molar refractivity (Wildman–Crippen MR) is 71.7 cm³/mol. The van der Waals surface area contributed by atoms with E-state index in [0.717, 1.165) is 16.9 Å². The molecule has 6 heteroatoms. The molecule has 0 aliphatic rings. The van der Waals surface area contributed by atoms with Crippen molar-refractivity contribution < 1.29 is 4.79 Å². The Labute approximate surface area is 109 Å². The van der Waals surface area contributed by atoms with Crippen molar-refractivity contribution in [2.75, 3.05) is 5.32 Å². The van der Waals surface area contributed by atoms with Crippen LogP contribution in [-0.2, 0) is 6.54 Å². The molecule has 0 unspecified atom stereocenters. The third kappa shape index (κ3) is 2.65. The fraction of sp³-hybridized carbons (Fsp3) is 0.250. The highest BCUT2D eigenvalue weighted by molar-refractivity contribution is 7.03. The number of nitrogens with one attached hydrogen (secondary N) is 1. The van der Waals surface area contributed by atoms with E-state index < -0.39 is 5.91 Å². The number of hydrogen-bond donors (Lipinski definition) is 2. The molecule has 1 amide bonds. The Kier molecular flexibility index (Phi) is 3.57. The molecule has 0 saturated carbocycles. The molecule has 0 aromatic carbocycles. The van der Waals surface area contributed by atoms with E-state index in [9.17, 15) is 4.79 Å². The first-order valence-electron chi connectivity index (χ1n) is 5.48. The standard InChI is InChI=1S/C12H14N4OS/c1-7-9(6-18-16-7)4-15-10-3-11(12(13)17)8(2)14-5-10/h3,5-6,15H,4H2,1-2H3,(H2,13,17). The summed E-state index contributed by atoms with van der Waals surface area (Å²) in [7, 11) is 0. The van der Waals surface area contributed by atoms with Crippen molar-refractivity contribution in [2.45, 2.75) is 20.4 Å². The summed E-state index contributed by atoms with van der Waals surface area (Å²) in [5, 5.41) is 5.21. The molecule has 3 N–H and O–H groups in total. The van der Waals surface area contributed by atoms with Gasteiger partial charge in [0.2, 0.25) is 0 Å². The van der Waals surface area contributed by atoms with Crippen LogP contribution in [0.5, 0.6) is 0 Å². The Bertz CT molecular complexity index is 579. The second-order valence-corrected chi connectivity index (χ2v) is 4.63. The molecule has 94 valence electrons. The maximum absolute atomic E-state index is 11.2. The number of nitrogens with zero attached hydrogens (tertiary/aromatic N) is 2. The molecule has 0 aliphatic carbocycles. The minimum absolute atomic E-state index is 0.445. The van der Waals surface area contributed by atoms with Crippen LogP contribution in [0.4, 0.5) is 5.69 Å². The molecule has 2 aromatic heterocycles. The van der Waals surface area contributed by atoms with Crippen molar-refractivity contribution in [3.05, 3.63) is 40.2 Å². The van der Waals surface area contributed by atoms with E-state index in [1.54, 1.807) is 19.2 Å². The summed E-state index contributed by atoms with van der Waals surface area (Å²) in [5.74, 6) is -0.461. The smallest absolute Gasteiger partial charge is 0.250 e. The van der Waals surface area contributed by atoms with Gasteiger partial charge in [0.15, 0.2) is 0 Å². The van der Waals surface area contributed by atoms with E-state index in [2.05, 4.69) is 14.7 Å². The molecule has 2 aromatic rings. The predicted octanol–water partition coefficient (Wildman–Crippen LogP) is 1.87. The van der Waals surface area contributed by atoms with Crippen LogP contribution in [0.15, 0.2) is 17.6 Å². The number of hydrogen-bond acceptors (Lipinski definition) is 5. The van der Waals surface area contributed by atoms with Crippen LogP contribution in [0.25, 0.3) is 0 Å². The van der Waals surface area contributed by atoms with Gasteiger partial charge in [-0.2, -0.15) is 4.37 Å². The van der Waals surface area contributed by atoms with Gasteiger partial charge in [-0.05, 0) is 31.4 Å². The third-order valence-corrected chi connectivity index (χ3v) is 3.45. The maximum atomic E-state index is 11.2. The van der Waals surface area contributed by atoms with Gasteiger partial charge in [-0.3, -0.25) is 9.78 Å². The number of rotatable bonds is 4. The molecule has 2 heterocycles. The van der Waals surface area contributed by atoms with E-state index in [4.69, 9.17) is 5.73 Å². The topological polar surface area (TPSA) is 80.9 Å². The van der Waals surface area contributed by atoms with Crippen molar-refractivity contribution in [1.82, 2.24) is 9.36 Å². The van der Waals surface area contributed by atoms with Gasteiger partial charge in [0, 0.05) is 17.5 Å². The molecule has 0 aliphatic heterocycles. The van der Waals surface area contributed by atoms with Crippen LogP contribution < -0.4 is 11.1 Å². The summed E-state index contributed by atoms with van der Waals surface area (Å²) in [4.78, 5) is 15.4. The van der Waals surface area contributed by atoms with Gasteiger partial charge in [-0.1, -0.05) is 0 Å². The van der Waals surface area contributed by atoms with Crippen LogP contribution in [0, 0.1) is 13.8 Å². The number of aryl methyl sites for hydroxylation is 2. The molecule has 5 nitrogen and oxygen atoms in total. The van der Waals surface area contributed by atoms with Crippen LogP contribution in [0.1, 0.15) is 27.3 Å². The highest BCUT2D eigenvalue weighted by Gasteiger charge is 2.07. The number of anilines is 1. The first-order chi connectivity index (χ1) is 8.58. The van der Waals surface area contributed by atoms with Crippen molar-refractivity contribution >= 4 is 23.1 Å². The molecule has 0 bridgehead atoms. The largest absolute Gasteiger partial charge is 0.380 e. The molecule has 18 heavy (non-hydrogen) atoms. The zero-order valence-electron chi connectivity index (χ0n) is 10.2. The molecule has 2 rings (SSSR count). The fourth-order valence-corrected chi connectivity index (χ4v) is 2.27. The molecule has 0 spiro atoms. The average Bonchev–Trinajstić information content (AvgIpc) is 2.73. The molecular formula is C12H14N4OS. The number of carbonyl (C=O) groups is 1. The van der Waals surface area contributed by atoms with Gasteiger partial charge >= 0.3 is 0 Å². The lowest BCUT2D eigenvalue weighted by atomic mass is 10.2. The average molecular weight is 262 g/mol. The monoisotopic (exact) mass is 262 g/mol. The minimum atomic E-state index is -0.461. The van der Waals surface area contributed by atoms with E-state index in [1.165, 1.54) is 11.5 Å². The van der Waals surface area contributed by atoms with Gasteiger partial charge in [-0.25, -0.2) is 0 Å². The number of primary amides is 1. The van der Waals surface area contributed by atoms with Crippen molar-refractivity contribution in [1.29, 1.82) is 0 Å². The SMILES string of the molecule is Cc1nscc1CNc1cnc(C)c(C(N)=O)c1. The molecule has 0 saturated heterocycles. The third-order valence-electron chi connectivity index (χ3n) is 2.68. The Hall–Kier alpha value is -1.95. The lowest BCUT2D eigenvalue weighted by molar-refractivity contribution is 0.0999. The maximum Gasteiger partial charge on any atom is 0.250 e. The molecular weight excluding hydrogens is 248 g/mol. The van der Waals surface area contributed by atoms with Crippen LogP contribution in [-0.4, -0.2) is 15.3 Å². The molecule has 0 radical (unpaired) electrons. The zero-order valence-corrected chi connectivity index (χ0v) is 11.0. The minimum Gasteiger partial charge on any atom is -0.380 e. The highest BCUT2D eigenvalue weighted by Crippen LogP contribution is 2.15. The van der Waals surface area contributed by atoms with Crippen molar-refractivity contribution in [3.8, 4) is 0 Å². The Balaban J connectivity index is 2.13.